The summed E-state index contributed by atoms with van der Waals surface area (Å²) in [6.45, 7) is 1.05. The van der Waals surface area contributed by atoms with Gasteiger partial charge < -0.3 is 5.11 Å². The first-order chi connectivity index (χ1) is 11.2. The number of aliphatic hydroxyl groups excluding tert-OH is 1. The summed E-state index contributed by atoms with van der Waals surface area (Å²) in [5.41, 5.74) is -0.223. The molecule has 1 aliphatic rings. The van der Waals surface area contributed by atoms with Crippen LogP contribution in [0.25, 0.3) is 0 Å². The third-order valence-electron chi connectivity index (χ3n) is 4.43. The van der Waals surface area contributed by atoms with Crippen molar-refractivity contribution in [2.75, 3.05) is 0 Å². The van der Waals surface area contributed by atoms with Gasteiger partial charge in [0, 0.05) is 17.1 Å². The number of aliphatic hydroxyl groups is 1. The molecule has 0 saturated heterocycles. The van der Waals surface area contributed by atoms with E-state index in [1.165, 1.54) is 12.1 Å². The van der Waals surface area contributed by atoms with E-state index in [-0.39, 0.29) is 17.3 Å². The molecule has 0 atom stereocenters. The Labute approximate surface area is 138 Å². The van der Waals surface area contributed by atoms with Crippen LogP contribution in [0.15, 0.2) is 35.6 Å². The lowest BCUT2D eigenvalue weighted by Crippen LogP contribution is -2.18. The molecule has 2 N–H and O–H groups in total. The number of alkyl halides is 3. The third kappa shape index (κ3) is 4.04. The molecule has 3 nitrogen and oxygen atoms in total. The van der Waals surface area contributed by atoms with E-state index in [0.29, 0.717) is 5.56 Å². The molecule has 0 heterocycles. The number of halogens is 3. The van der Waals surface area contributed by atoms with Crippen LogP contribution in [-0.2, 0) is 0 Å². The van der Waals surface area contributed by atoms with Crippen molar-refractivity contribution in [3.05, 3.63) is 46.7 Å². The molecule has 2 rings (SSSR count). The Bertz CT molecular complexity index is 654. The molecule has 0 aliphatic heterocycles. The number of nitrogens with one attached hydrogen (secondary N) is 1. The standard InChI is InChI=1S/C18H20F3NO2/c1-11(17(24)18(19,20)21)15(22)12-7-9-14(10-8-12)16(23)13-5-3-2-4-6-13/h7-10,13,22,24H,2-6H2,1H3/b17-11-,22-15?. The fraction of sp³-hybridized carbons (Fsp3) is 0.444. The number of hydrogen-bond acceptors (Lipinski definition) is 3. The lowest BCUT2D eigenvalue weighted by Gasteiger charge is -2.20. The summed E-state index contributed by atoms with van der Waals surface area (Å²) in [5.74, 6) is -1.70. The fourth-order valence-corrected chi connectivity index (χ4v) is 2.95. The number of carbonyl (C=O) groups is 1. The molecule has 0 aromatic heterocycles. The molecular weight excluding hydrogens is 319 g/mol. The van der Waals surface area contributed by atoms with Crippen LogP contribution < -0.4 is 0 Å². The number of allylic oxidation sites excluding steroid dienone is 2. The molecule has 1 aromatic carbocycles. The van der Waals surface area contributed by atoms with Crippen LogP contribution in [0.5, 0.6) is 0 Å². The molecule has 1 saturated carbocycles. The van der Waals surface area contributed by atoms with Gasteiger partial charge in [-0.2, -0.15) is 13.2 Å². The zero-order valence-electron chi connectivity index (χ0n) is 13.4. The number of ketones is 1. The highest BCUT2D eigenvalue weighted by Gasteiger charge is 2.36. The van der Waals surface area contributed by atoms with Gasteiger partial charge in [0.1, 0.15) is 0 Å². The van der Waals surface area contributed by atoms with Gasteiger partial charge in [-0.05, 0) is 25.3 Å². The van der Waals surface area contributed by atoms with Crippen molar-refractivity contribution in [3.8, 4) is 0 Å². The fourth-order valence-electron chi connectivity index (χ4n) is 2.95. The molecule has 0 radical (unpaired) electrons. The van der Waals surface area contributed by atoms with Crippen LogP contribution in [0, 0.1) is 11.3 Å². The molecule has 0 spiro atoms. The summed E-state index contributed by atoms with van der Waals surface area (Å²) in [6, 6.07) is 5.98. The van der Waals surface area contributed by atoms with E-state index in [0.717, 1.165) is 39.0 Å². The zero-order chi connectivity index (χ0) is 17.9. The van der Waals surface area contributed by atoms with Crippen molar-refractivity contribution in [1.29, 1.82) is 5.41 Å². The summed E-state index contributed by atoms with van der Waals surface area (Å²) in [7, 11) is 0. The predicted octanol–water partition coefficient (Wildman–Crippen LogP) is 5.21. The Balaban J connectivity index is 2.17. The Morgan fingerprint density at radius 3 is 2.08 bits per heavy atom. The second-order valence-electron chi connectivity index (χ2n) is 6.12. The maximum atomic E-state index is 12.5. The van der Waals surface area contributed by atoms with E-state index in [1.54, 1.807) is 12.1 Å². The quantitative estimate of drug-likeness (QED) is 0.449. The van der Waals surface area contributed by atoms with Crippen LogP contribution in [0.3, 0.4) is 0 Å². The lowest BCUT2D eigenvalue weighted by atomic mass is 9.83. The molecule has 130 valence electrons. The van der Waals surface area contributed by atoms with E-state index in [9.17, 15) is 18.0 Å². The predicted molar refractivity (Wildman–Crippen MR) is 85.6 cm³/mol. The van der Waals surface area contributed by atoms with Gasteiger partial charge in [-0.3, -0.25) is 10.2 Å². The summed E-state index contributed by atoms with van der Waals surface area (Å²) in [5, 5.41) is 17.0. The van der Waals surface area contributed by atoms with Crippen molar-refractivity contribution in [1.82, 2.24) is 0 Å². The van der Waals surface area contributed by atoms with Gasteiger partial charge in [-0.1, -0.05) is 43.5 Å². The number of carbonyl (C=O) groups excluding carboxylic acids is 1. The number of Topliss-reactive ketones (excluding diaryl/α,β-unsaturated/α-hetero) is 1. The summed E-state index contributed by atoms with van der Waals surface area (Å²) < 4.78 is 37.5. The first-order valence-electron chi connectivity index (χ1n) is 7.92. The Morgan fingerprint density at radius 2 is 1.58 bits per heavy atom. The lowest BCUT2D eigenvalue weighted by molar-refractivity contribution is -0.121. The highest BCUT2D eigenvalue weighted by Crippen LogP contribution is 2.29. The maximum Gasteiger partial charge on any atom is 0.449 e. The molecular formula is C18H20F3NO2. The van der Waals surface area contributed by atoms with Gasteiger partial charge in [0.25, 0.3) is 0 Å². The molecule has 0 amide bonds. The van der Waals surface area contributed by atoms with Gasteiger partial charge >= 0.3 is 6.18 Å². The largest absolute Gasteiger partial charge is 0.504 e. The van der Waals surface area contributed by atoms with Crippen LogP contribution in [-0.4, -0.2) is 22.8 Å². The Kier molecular flexibility index (Phi) is 5.47. The average Bonchev–Trinajstić information content (AvgIpc) is 2.59. The summed E-state index contributed by atoms with van der Waals surface area (Å²) in [4.78, 5) is 12.4. The normalized spacial score (nSPS) is 17.3. The van der Waals surface area contributed by atoms with Crippen molar-refractivity contribution >= 4 is 11.5 Å². The minimum absolute atomic E-state index is 0.0138. The Hall–Kier alpha value is -2.11. The van der Waals surface area contributed by atoms with Gasteiger partial charge in [-0.15, -0.1) is 0 Å². The van der Waals surface area contributed by atoms with E-state index >= 15 is 0 Å². The minimum Gasteiger partial charge on any atom is -0.504 e. The second kappa shape index (κ2) is 7.20. The highest BCUT2D eigenvalue weighted by molar-refractivity contribution is 6.11. The smallest absolute Gasteiger partial charge is 0.449 e. The van der Waals surface area contributed by atoms with E-state index < -0.39 is 23.2 Å². The van der Waals surface area contributed by atoms with E-state index in [2.05, 4.69) is 0 Å². The Morgan fingerprint density at radius 1 is 1.08 bits per heavy atom. The van der Waals surface area contributed by atoms with Crippen LogP contribution in [0.2, 0.25) is 0 Å². The van der Waals surface area contributed by atoms with Crippen LogP contribution in [0.1, 0.15) is 54.9 Å². The minimum atomic E-state index is -4.88. The molecule has 0 bridgehead atoms. The molecule has 1 aliphatic carbocycles. The first-order valence-corrected chi connectivity index (χ1v) is 7.92. The highest BCUT2D eigenvalue weighted by atomic mass is 19.4. The maximum absolute atomic E-state index is 12.5. The first kappa shape index (κ1) is 18.2. The SMILES string of the molecule is C/C(C(=N)c1ccc(C(=O)C2CCCCC2)cc1)=C(/O)C(F)(F)F. The van der Waals surface area contributed by atoms with E-state index in [4.69, 9.17) is 10.5 Å². The molecule has 6 heteroatoms. The van der Waals surface area contributed by atoms with E-state index in [1.807, 2.05) is 0 Å². The summed E-state index contributed by atoms with van der Waals surface area (Å²) >= 11 is 0. The topological polar surface area (TPSA) is 61.2 Å². The molecule has 0 unspecified atom stereocenters. The van der Waals surface area contributed by atoms with Crippen molar-refractivity contribution in [2.45, 2.75) is 45.2 Å². The van der Waals surface area contributed by atoms with Crippen molar-refractivity contribution in [2.24, 2.45) is 5.92 Å². The van der Waals surface area contributed by atoms with Gasteiger partial charge in [0.2, 0.25) is 5.76 Å². The third-order valence-corrected chi connectivity index (χ3v) is 4.43. The number of rotatable bonds is 4. The summed E-state index contributed by atoms with van der Waals surface area (Å²) in [6.07, 6.45) is 0.0938. The van der Waals surface area contributed by atoms with Crippen LogP contribution >= 0.6 is 0 Å². The van der Waals surface area contributed by atoms with Crippen molar-refractivity contribution < 1.29 is 23.1 Å². The number of hydrogen-bond donors (Lipinski definition) is 2. The molecule has 1 fully saturated rings. The van der Waals surface area contributed by atoms with Gasteiger partial charge in [-0.25, -0.2) is 0 Å². The monoisotopic (exact) mass is 339 g/mol. The second-order valence-corrected chi connectivity index (χ2v) is 6.12. The van der Waals surface area contributed by atoms with Crippen molar-refractivity contribution in [3.63, 3.8) is 0 Å². The van der Waals surface area contributed by atoms with Crippen LogP contribution in [0.4, 0.5) is 13.2 Å². The number of benzene rings is 1. The average molecular weight is 339 g/mol. The zero-order valence-corrected chi connectivity index (χ0v) is 13.4. The van der Waals surface area contributed by atoms with Gasteiger partial charge in [0.15, 0.2) is 5.78 Å². The molecule has 24 heavy (non-hydrogen) atoms. The van der Waals surface area contributed by atoms with Gasteiger partial charge in [0.05, 0.1) is 5.71 Å². The molecule has 1 aromatic rings.